The highest BCUT2D eigenvalue weighted by Crippen LogP contribution is 2.13. The molecule has 0 saturated carbocycles. The standard InChI is InChI=1S/C14H18ClNO2/c1-14(2,10-17)16(3)13(18)9-6-11-4-7-12(15)8-5-11/h4-9,17H,10H2,1-3H3/b9-6+. The third-order valence-corrected chi connectivity index (χ3v) is 3.17. The van der Waals surface area contributed by atoms with Gasteiger partial charge in [-0.05, 0) is 37.6 Å². The Morgan fingerprint density at radius 2 is 1.94 bits per heavy atom. The molecule has 3 nitrogen and oxygen atoms in total. The van der Waals surface area contributed by atoms with Crippen molar-refractivity contribution in [1.29, 1.82) is 0 Å². The van der Waals surface area contributed by atoms with Crippen LogP contribution < -0.4 is 0 Å². The summed E-state index contributed by atoms with van der Waals surface area (Å²) >= 11 is 5.78. The molecule has 1 rings (SSSR count). The zero-order valence-corrected chi connectivity index (χ0v) is 11.6. The Morgan fingerprint density at radius 1 is 1.39 bits per heavy atom. The largest absolute Gasteiger partial charge is 0.394 e. The number of benzene rings is 1. The van der Waals surface area contributed by atoms with E-state index < -0.39 is 5.54 Å². The summed E-state index contributed by atoms with van der Waals surface area (Å²) in [6.45, 7) is 3.53. The molecule has 0 bridgehead atoms. The van der Waals surface area contributed by atoms with Crippen molar-refractivity contribution in [2.45, 2.75) is 19.4 Å². The number of carbonyl (C=O) groups is 1. The molecule has 0 aliphatic carbocycles. The Bertz CT molecular complexity index is 438. The van der Waals surface area contributed by atoms with Gasteiger partial charge in [0, 0.05) is 18.1 Å². The molecule has 4 heteroatoms. The number of amides is 1. The molecule has 0 radical (unpaired) electrons. The minimum Gasteiger partial charge on any atom is -0.394 e. The van der Waals surface area contributed by atoms with Crippen LogP contribution in [0.3, 0.4) is 0 Å². The molecule has 1 aromatic rings. The van der Waals surface area contributed by atoms with Crippen molar-refractivity contribution in [2.75, 3.05) is 13.7 Å². The van der Waals surface area contributed by atoms with E-state index in [0.29, 0.717) is 5.02 Å². The SMILES string of the molecule is CN(C(=O)/C=C/c1ccc(Cl)cc1)C(C)(C)CO. The summed E-state index contributed by atoms with van der Waals surface area (Å²) in [6.07, 6.45) is 3.21. The number of hydrogen-bond acceptors (Lipinski definition) is 2. The highest BCUT2D eigenvalue weighted by molar-refractivity contribution is 6.30. The fourth-order valence-corrected chi connectivity index (χ4v) is 1.38. The van der Waals surface area contributed by atoms with Gasteiger partial charge in [0.25, 0.3) is 0 Å². The maximum Gasteiger partial charge on any atom is 0.246 e. The molecule has 1 aromatic carbocycles. The lowest BCUT2D eigenvalue weighted by atomic mass is 10.1. The van der Waals surface area contributed by atoms with E-state index in [-0.39, 0.29) is 12.5 Å². The second kappa shape index (κ2) is 6.03. The molecule has 0 spiro atoms. The number of aliphatic hydroxyl groups is 1. The monoisotopic (exact) mass is 267 g/mol. The Kier molecular flexibility index (Phi) is 4.93. The predicted molar refractivity (Wildman–Crippen MR) is 74.4 cm³/mol. The van der Waals surface area contributed by atoms with Gasteiger partial charge in [-0.2, -0.15) is 0 Å². The summed E-state index contributed by atoms with van der Waals surface area (Å²) in [5, 5.41) is 9.86. The van der Waals surface area contributed by atoms with Crippen LogP contribution in [0, 0.1) is 0 Å². The first-order chi connectivity index (χ1) is 8.36. The van der Waals surface area contributed by atoms with E-state index in [2.05, 4.69) is 0 Å². The summed E-state index contributed by atoms with van der Waals surface area (Å²) in [6, 6.07) is 7.22. The molecule has 0 fully saturated rings. The number of likely N-dealkylation sites (N-methyl/N-ethyl adjacent to an activating group) is 1. The van der Waals surface area contributed by atoms with Crippen LogP contribution in [0.25, 0.3) is 6.08 Å². The summed E-state index contributed by atoms with van der Waals surface area (Å²) < 4.78 is 0. The maximum atomic E-state index is 11.9. The minimum atomic E-state index is -0.568. The molecule has 1 amide bonds. The first-order valence-electron chi connectivity index (χ1n) is 5.69. The number of hydrogen-bond donors (Lipinski definition) is 1. The van der Waals surface area contributed by atoms with E-state index in [1.54, 1.807) is 39.1 Å². The van der Waals surface area contributed by atoms with E-state index in [4.69, 9.17) is 11.6 Å². The van der Waals surface area contributed by atoms with E-state index in [1.807, 2.05) is 12.1 Å². The van der Waals surface area contributed by atoms with Crippen molar-refractivity contribution in [1.82, 2.24) is 4.90 Å². The lowest BCUT2D eigenvalue weighted by molar-refractivity contribution is -0.130. The molecule has 18 heavy (non-hydrogen) atoms. The van der Waals surface area contributed by atoms with Gasteiger partial charge in [-0.15, -0.1) is 0 Å². The van der Waals surface area contributed by atoms with Gasteiger partial charge in [0.2, 0.25) is 5.91 Å². The lowest BCUT2D eigenvalue weighted by Gasteiger charge is -2.33. The number of nitrogens with zero attached hydrogens (tertiary/aromatic N) is 1. The summed E-state index contributed by atoms with van der Waals surface area (Å²) in [5.74, 6) is -0.149. The number of aliphatic hydroxyl groups excluding tert-OH is 1. The van der Waals surface area contributed by atoms with Crippen molar-refractivity contribution in [3.63, 3.8) is 0 Å². The van der Waals surface area contributed by atoms with Crippen molar-refractivity contribution in [3.05, 3.63) is 40.9 Å². The Labute approximate surface area is 113 Å². The summed E-state index contributed by atoms with van der Waals surface area (Å²) in [4.78, 5) is 13.4. The molecular formula is C14H18ClNO2. The fourth-order valence-electron chi connectivity index (χ4n) is 1.26. The molecule has 0 saturated heterocycles. The van der Waals surface area contributed by atoms with Gasteiger partial charge in [0.15, 0.2) is 0 Å². The Balaban J connectivity index is 2.73. The highest BCUT2D eigenvalue weighted by Gasteiger charge is 2.25. The summed E-state index contributed by atoms with van der Waals surface area (Å²) in [5.41, 5.74) is 0.337. The zero-order valence-electron chi connectivity index (χ0n) is 10.9. The first-order valence-corrected chi connectivity index (χ1v) is 6.07. The van der Waals surface area contributed by atoms with E-state index in [9.17, 15) is 9.90 Å². The van der Waals surface area contributed by atoms with Gasteiger partial charge in [-0.25, -0.2) is 0 Å². The van der Waals surface area contributed by atoms with Gasteiger partial charge in [0.05, 0.1) is 12.1 Å². The van der Waals surface area contributed by atoms with E-state index >= 15 is 0 Å². The smallest absolute Gasteiger partial charge is 0.246 e. The average molecular weight is 268 g/mol. The van der Waals surface area contributed by atoms with Crippen LogP contribution in [0.4, 0.5) is 0 Å². The molecule has 98 valence electrons. The molecule has 0 aromatic heterocycles. The fraction of sp³-hybridized carbons (Fsp3) is 0.357. The molecule has 0 unspecified atom stereocenters. The van der Waals surface area contributed by atoms with Crippen molar-refractivity contribution < 1.29 is 9.90 Å². The topological polar surface area (TPSA) is 40.5 Å². The first kappa shape index (κ1) is 14.7. The molecular weight excluding hydrogens is 250 g/mol. The molecule has 0 heterocycles. The Hall–Kier alpha value is -1.32. The van der Waals surface area contributed by atoms with Crippen LogP contribution in [-0.4, -0.2) is 35.1 Å². The quantitative estimate of drug-likeness (QED) is 0.852. The third kappa shape index (κ3) is 3.86. The Morgan fingerprint density at radius 3 is 2.44 bits per heavy atom. The van der Waals surface area contributed by atoms with Crippen LogP contribution in [0.1, 0.15) is 19.4 Å². The van der Waals surface area contributed by atoms with Gasteiger partial charge < -0.3 is 10.0 Å². The molecule has 0 aliphatic heterocycles. The third-order valence-electron chi connectivity index (χ3n) is 2.91. The molecule has 0 aliphatic rings. The van der Waals surface area contributed by atoms with E-state index in [1.165, 1.54) is 11.0 Å². The number of rotatable bonds is 4. The van der Waals surface area contributed by atoms with Crippen LogP contribution in [0.5, 0.6) is 0 Å². The number of carbonyl (C=O) groups excluding carboxylic acids is 1. The minimum absolute atomic E-state index is 0.0793. The lowest BCUT2D eigenvalue weighted by Crippen LogP contribution is -2.47. The number of halogens is 1. The van der Waals surface area contributed by atoms with Gasteiger partial charge in [-0.1, -0.05) is 23.7 Å². The normalized spacial score (nSPS) is 11.8. The highest BCUT2D eigenvalue weighted by atomic mass is 35.5. The van der Waals surface area contributed by atoms with Gasteiger partial charge >= 0.3 is 0 Å². The van der Waals surface area contributed by atoms with Crippen molar-refractivity contribution >= 4 is 23.6 Å². The van der Waals surface area contributed by atoms with Crippen LogP contribution in [0.15, 0.2) is 30.3 Å². The average Bonchev–Trinajstić information content (AvgIpc) is 2.36. The van der Waals surface area contributed by atoms with Crippen molar-refractivity contribution in [2.24, 2.45) is 0 Å². The van der Waals surface area contributed by atoms with E-state index in [0.717, 1.165) is 5.56 Å². The molecule has 0 atom stereocenters. The van der Waals surface area contributed by atoms with Crippen LogP contribution >= 0.6 is 11.6 Å². The molecule has 1 N–H and O–H groups in total. The second-order valence-electron chi connectivity index (χ2n) is 4.75. The summed E-state index contributed by atoms with van der Waals surface area (Å²) in [7, 11) is 1.67. The van der Waals surface area contributed by atoms with Gasteiger partial charge in [-0.3, -0.25) is 4.79 Å². The zero-order chi connectivity index (χ0) is 13.8. The second-order valence-corrected chi connectivity index (χ2v) is 5.19. The maximum absolute atomic E-state index is 11.9. The van der Waals surface area contributed by atoms with Gasteiger partial charge in [0.1, 0.15) is 0 Å². The van der Waals surface area contributed by atoms with Crippen LogP contribution in [-0.2, 0) is 4.79 Å². The van der Waals surface area contributed by atoms with Crippen molar-refractivity contribution in [3.8, 4) is 0 Å². The predicted octanol–water partition coefficient (Wildman–Crippen LogP) is 2.58. The van der Waals surface area contributed by atoms with Crippen LogP contribution in [0.2, 0.25) is 5.02 Å².